The van der Waals surface area contributed by atoms with Crippen LogP contribution in [0.15, 0.2) is 24.3 Å². The van der Waals surface area contributed by atoms with Gasteiger partial charge >= 0.3 is 0 Å². The molecule has 1 aromatic carbocycles. The van der Waals surface area contributed by atoms with E-state index >= 15 is 0 Å². The molecule has 0 saturated carbocycles. The first kappa shape index (κ1) is 13.5. The van der Waals surface area contributed by atoms with Gasteiger partial charge in [-0.25, -0.2) is 4.39 Å². The number of hydrogen-bond acceptors (Lipinski definition) is 2. The number of halogens is 1. The molecule has 1 fully saturated rings. The van der Waals surface area contributed by atoms with Gasteiger partial charge in [-0.3, -0.25) is 4.90 Å². The van der Waals surface area contributed by atoms with Gasteiger partial charge in [0.25, 0.3) is 0 Å². The molecule has 1 N–H and O–H groups in total. The number of nitrogens with zero attached hydrogens (tertiary/aromatic N) is 1. The van der Waals surface area contributed by atoms with E-state index in [-0.39, 0.29) is 11.9 Å². The SMILES string of the molecule is CCC1CN(C(C)c2cccc(F)c2)CCCN1. The van der Waals surface area contributed by atoms with Gasteiger partial charge in [0.05, 0.1) is 0 Å². The molecule has 1 aliphatic heterocycles. The summed E-state index contributed by atoms with van der Waals surface area (Å²) in [4.78, 5) is 2.46. The molecule has 2 nitrogen and oxygen atoms in total. The fourth-order valence-electron chi connectivity index (χ4n) is 2.63. The highest BCUT2D eigenvalue weighted by molar-refractivity contribution is 5.19. The lowest BCUT2D eigenvalue weighted by atomic mass is 10.1. The van der Waals surface area contributed by atoms with Crippen molar-refractivity contribution in [2.24, 2.45) is 0 Å². The van der Waals surface area contributed by atoms with Crippen molar-refractivity contribution < 1.29 is 4.39 Å². The van der Waals surface area contributed by atoms with Crippen LogP contribution in [0.2, 0.25) is 0 Å². The first-order chi connectivity index (χ1) is 8.70. The van der Waals surface area contributed by atoms with Gasteiger partial charge in [-0.15, -0.1) is 0 Å². The van der Waals surface area contributed by atoms with Crippen LogP contribution in [0.5, 0.6) is 0 Å². The normalized spacial score (nSPS) is 23.6. The molecule has 2 unspecified atom stereocenters. The highest BCUT2D eigenvalue weighted by Crippen LogP contribution is 2.22. The highest BCUT2D eigenvalue weighted by Gasteiger charge is 2.21. The predicted molar refractivity (Wildman–Crippen MR) is 73.1 cm³/mol. The van der Waals surface area contributed by atoms with Crippen molar-refractivity contribution in [3.05, 3.63) is 35.6 Å². The van der Waals surface area contributed by atoms with E-state index in [4.69, 9.17) is 0 Å². The lowest BCUT2D eigenvalue weighted by molar-refractivity contribution is 0.205. The molecule has 18 heavy (non-hydrogen) atoms. The Kier molecular flexibility index (Phi) is 4.72. The molecule has 0 radical (unpaired) electrons. The van der Waals surface area contributed by atoms with Crippen LogP contribution in [0.25, 0.3) is 0 Å². The first-order valence-corrected chi connectivity index (χ1v) is 6.93. The summed E-state index contributed by atoms with van der Waals surface area (Å²) in [6.45, 7) is 7.61. The maximum Gasteiger partial charge on any atom is 0.123 e. The molecule has 1 aromatic rings. The molecule has 0 spiro atoms. The lowest BCUT2D eigenvalue weighted by Crippen LogP contribution is -2.38. The molecule has 100 valence electrons. The van der Waals surface area contributed by atoms with Crippen molar-refractivity contribution in [2.45, 2.75) is 38.8 Å². The molecule has 2 atom stereocenters. The van der Waals surface area contributed by atoms with E-state index in [1.807, 2.05) is 6.07 Å². The zero-order valence-electron chi connectivity index (χ0n) is 11.3. The van der Waals surface area contributed by atoms with E-state index in [9.17, 15) is 4.39 Å². The molecular weight excluding hydrogens is 227 g/mol. The Morgan fingerprint density at radius 1 is 1.50 bits per heavy atom. The summed E-state index contributed by atoms with van der Waals surface area (Å²) in [5, 5.41) is 3.56. The molecule has 0 bridgehead atoms. The Morgan fingerprint density at radius 3 is 3.06 bits per heavy atom. The Labute approximate surface area is 109 Å². The Morgan fingerprint density at radius 2 is 2.33 bits per heavy atom. The second-order valence-corrected chi connectivity index (χ2v) is 5.14. The van der Waals surface area contributed by atoms with Gasteiger partial charge in [0.15, 0.2) is 0 Å². The van der Waals surface area contributed by atoms with Gasteiger partial charge in [-0.2, -0.15) is 0 Å². The van der Waals surface area contributed by atoms with Crippen LogP contribution in [0.4, 0.5) is 4.39 Å². The summed E-state index contributed by atoms with van der Waals surface area (Å²) < 4.78 is 13.3. The molecular formula is C15H23FN2. The average molecular weight is 250 g/mol. The minimum atomic E-state index is -0.140. The van der Waals surface area contributed by atoms with Gasteiger partial charge in [0.2, 0.25) is 0 Å². The number of benzene rings is 1. The third-order valence-electron chi connectivity index (χ3n) is 3.88. The summed E-state index contributed by atoms with van der Waals surface area (Å²) >= 11 is 0. The number of hydrogen-bond donors (Lipinski definition) is 1. The second kappa shape index (κ2) is 6.30. The van der Waals surface area contributed by atoms with Crippen LogP contribution < -0.4 is 5.32 Å². The summed E-state index contributed by atoms with van der Waals surface area (Å²) in [6, 6.07) is 7.83. The van der Waals surface area contributed by atoms with E-state index in [1.165, 1.54) is 6.07 Å². The molecule has 3 heteroatoms. The van der Waals surface area contributed by atoms with Crippen LogP contribution in [0, 0.1) is 5.82 Å². The van der Waals surface area contributed by atoms with Gasteiger partial charge in [-0.1, -0.05) is 19.1 Å². The zero-order valence-corrected chi connectivity index (χ0v) is 11.3. The van der Waals surface area contributed by atoms with Crippen LogP contribution >= 0.6 is 0 Å². The van der Waals surface area contributed by atoms with Crippen LogP contribution in [0.3, 0.4) is 0 Å². The summed E-state index contributed by atoms with van der Waals surface area (Å²) in [6.07, 6.45) is 2.31. The van der Waals surface area contributed by atoms with E-state index in [1.54, 1.807) is 12.1 Å². The Hall–Kier alpha value is -0.930. The maximum absolute atomic E-state index is 13.3. The van der Waals surface area contributed by atoms with Crippen LogP contribution in [0.1, 0.15) is 38.3 Å². The van der Waals surface area contributed by atoms with Crippen molar-refractivity contribution in [2.75, 3.05) is 19.6 Å². The molecule has 2 rings (SSSR count). The Balaban J connectivity index is 2.09. The zero-order chi connectivity index (χ0) is 13.0. The largest absolute Gasteiger partial charge is 0.313 e. The molecule has 0 aromatic heterocycles. The summed E-state index contributed by atoms with van der Waals surface area (Å²) in [5.74, 6) is -0.140. The van der Waals surface area contributed by atoms with Crippen molar-refractivity contribution >= 4 is 0 Å². The van der Waals surface area contributed by atoms with Gasteiger partial charge in [-0.05, 0) is 44.0 Å². The minimum absolute atomic E-state index is 0.140. The first-order valence-electron chi connectivity index (χ1n) is 6.93. The van der Waals surface area contributed by atoms with Crippen molar-refractivity contribution in [3.63, 3.8) is 0 Å². The van der Waals surface area contributed by atoms with E-state index in [0.717, 1.165) is 38.0 Å². The average Bonchev–Trinajstić information content (AvgIpc) is 2.63. The maximum atomic E-state index is 13.3. The number of rotatable bonds is 3. The van der Waals surface area contributed by atoms with E-state index in [2.05, 4.69) is 24.1 Å². The number of nitrogens with one attached hydrogen (secondary N) is 1. The minimum Gasteiger partial charge on any atom is -0.313 e. The highest BCUT2D eigenvalue weighted by atomic mass is 19.1. The topological polar surface area (TPSA) is 15.3 Å². The third kappa shape index (κ3) is 3.30. The smallest absolute Gasteiger partial charge is 0.123 e. The van der Waals surface area contributed by atoms with Crippen LogP contribution in [-0.4, -0.2) is 30.6 Å². The molecule has 1 saturated heterocycles. The van der Waals surface area contributed by atoms with Crippen molar-refractivity contribution in [1.82, 2.24) is 10.2 Å². The fourth-order valence-corrected chi connectivity index (χ4v) is 2.63. The van der Waals surface area contributed by atoms with Gasteiger partial charge < -0.3 is 5.32 Å². The molecule has 0 amide bonds. The quantitative estimate of drug-likeness (QED) is 0.887. The molecule has 0 aliphatic carbocycles. The van der Waals surface area contributed by atoms with Crippen LogP contribution in [-0.2, 0) is 0 Å². The lowest BCUT2D eigenvalue weighted by Gasteiger charge is -2.30. The molecule has 1 heterocycles. The summed E-state index contributed by atoms with van der Waals surface area (Å²) in [5.41, 5.74) is 1.08. The van der Waals surface area contributed by atoms with Gasteiger partial charge in [0.1, 0.15) is 5.82 Å². The third-order valence-corrected chi connectivity index (χ3v) is 3.88. The predicted octanol–water partition coefficient (Wildman–Crippen LogP) is 2.96. The van der Waals surface area contributed by atoms with Crippen molar-refractivity contribution in [3.8, 4) is 0 Å². The van der Waals surface area contributed by atoms with E-state index in [0.29, 0.717) is 6.04 Å². The summed E-state index contributed by atoms with van der Waals surface area (Å²) in [7, 11) is 0. The monoisotopic (exact) mass is 250 g/mol. The van der Waals surface area contributed by atoms with Crippen molar-refractivity contribution in [1.29, 1.82) is 0 Å². The Bertz CT molecular complexity index is 381. The fraction of sp³-hybridized carbons (Fsp3) is 0.600. The van der Waals surface area contributed by atoms with E-state index < -0.39 is 0 Å². The van der Waals surface area contributed by atoms with Gasteiger partial charge in [0, 0.05) is 25.2 Å². The standard InChI is InChI=1S/C15H23FN2/c1-3-15-11-18(9-5-8-17-15)12(2)13-6-4-7-14(16)10-13/h4,6-7,10,12,15,17H,3,5,8-9,11H2,1-2H3. The second-order valence-electron chi connectivity index (χ2n) is 5.14. The molecule has 1 aliphatic rings.